The monoisotopic (exact) mass is 317 g/mol. The molecule has 0 N–H and O–H groups in total. The summed E-state index contributed by atoms with van der Waals surface area (Å²) >= 11 is 0. The zero-order valence-corrected chi connectivity index (χ0v) is 14.1. The van der Waals surface area contributed by atoms with Crippen molar-refractivity contribution in [1.29, 1.82) is 0 Å². The molecule has 0 aromatic heterocycles. The van der Waals surface area contributed by atoms with Crippen LogP contribution < -0.4 is 0 Å². The van der Waals surface area contributed by atoms with E-state index in [0.29, 0.717) is 0 Å². The Hall–Kier alpha value is -0.157. The molecule has 1 aromatic carbocycles. The summed E-state index contributed by atoms with van der Waals surface area (Å²) in [6, 6.07) is 4.85. The molecule has 1 aliphatic rings. The molecule has 0 saturated heterocycles. The molecule has 0 amide bonds. The maximum Gasteiger partial charge on any atom is 0 e. The maximum absolute atomic E-state index is 3.33. The fraction of sp³-hybridized carbons (Fsp3) is 0.529. The maximum atomic E-state index is 3.33. The predicted octanol–water partition coefficient (Wildman–Crippen LogP) is 4.74. The van der Waals surface area contributed by atoms with Crippen molar-refractivity contribution in [2.45, 2.75) is 58.8 Å². The van der Waals surface area contributed by atoms with Crippen molar-refractivity contribution in [3.63, 3.8) is 0 Å². The second-order valence-electron chi connectivity index (χ2n) is 5.05. The third kappa shape index (κ3) is 3.92. The van der Waals surface area contributed by atoms with E-state index in [1.54, 1.807) is 11.1 Å². The van der Waals surface area contributed by atoms with E-state index < -0.39 is 0 Å². The molecule has 0 fully saturated rings. The van der Waals surface area contributed by atoms with Crippen LogP contribution in [0, 0.1) is 6.08 Å². The molecule has 96 valence electrons. The summed E-state index contributed by atoms with van der Waals surface area (Å²) in [5.41, 5.74) is 6.07. The molecule has 0 atom stereocenters. The first kappa shape index (κ1) is 15.9. The smallest absolute Gasteiger partial charge is 0 e. The number of hydrogen-bond donors (Lipinski definition) is 0. The summed E-state index contributed by atoms with van der Waals surface area (Å²) in [6.45, 7) is 4.54. The quantitative estimate of drug-likeness (QED) is 0.665. The van der Waals surface area contributed by atoms with Gasteiger partial charge in [-0.1, -0.05) is 38.3 Å². The zero-order chi connectivity index (χ0) is 12.1. The standard InChI is InChI=1S/C17H23.Zr/c1-3-5-8-14-12-16-10-7-11-17(16)13-15(14)9-6-4-2;/h10,12-13H,3-6,8-9,11H2,1-2H3;/q-1;. The van der Waals surface area contributed by atoms with Crippen molar-refractivity contribution < 1.29 is 26.2 Å². The first-order valence-electron chi connectivity index (χ1n) is 7.06. The van der Waals surface area contributed by atoms with Gasteiger partial charge in [-0.15, -0.1) is 18.1 Å². The molecular weight excluding hydrogens is 295 g/mol. The van der Waals surface area contributed by atoms with Crippen LogP contribution in [-0.4, -0.2) is 0 Å². The number of fused-ring (bicyclic) bond motifs is 1. The number of hydrogen-bond acceptors (Lipinski definition) is 0. The Kier molecular flexibility index (Phi) is 7.16. The summed E-state index contributed by atoms with van der Waals surface area (Å²) in [5.74, 6) is 0. The van der Waals surface area contributed by atoms with Gasteiger partial charge in [0.15, 0.2) is 0 Å². The summed E-state index contributed by atoms with van der Waals surface area (Å²) < 4.78 is 0. The van der Waals surface area contributed by atoms with Crippen LogP contribution in [-0.2, 0) is 45.5 Å². The normalized spacial score (nSPS) is 12.3. The fourth-order valence-electron chi connectivity index (χ4n) is 2.52. The molecule has 2 rings (SSSR count). The van der Waals surface area contributed by atoms with Gasteiger partial charge in [0, 0.05) is 26.2 Å². The van der Waals surface area contributed by atoms with Gasteiger partial charge in [-0.3, -0.25) is 6.08 Å². The summed E-state index contributed by atoms with van der Waals surface area (Å²) in [7, 11) is 0. The van der Waals surface area contributed by atoms with Crippen molar-refractivity contribution in [3.05, 3.63) is 40.5 Å². The van der Waals surface area contributed by atoms with E-state index in [-0.39, 0.29) is 26.2 Å². The number of allylic oxidation sites excluding steroid dienone is 1. The van der Waals surface area contributed by atoms with Gasteiger partial charge >= 0.3 is 0 Å². The molecule has 0 unspecified atom stereocenters. The van der Waals surface area contributed by atoms with E-state index in [4.69, 9.17) is 0 Å². The Morgan fingerprint density at radius 2 is 1.61 bits per heavy atom. The fourth-order valence-corrected chi connectivity index (χ4v) is 2.52. The van der Waals surface area contributed by atoms with Crippen LogP contribution in [0.15, 0.2) is 12.1 Å². The van der Waals surface area contributed by atoms with Gasteiger partial charge in [0.2, 0.25) is 0 Å². The largest absolute Gasteiger partial charge is 0.272 e. The molecule has 0 aliphatic heterocycles. The Labute approximate surface area is 131 Å². The Morgan fingerprint density at radius 3 is 2.22 bits per heavy atom. The average Bonchev–Trinajstić information content (AvgIpc) is 2.80. The van der Waals surface area contributed by atoms with Gasteiger partial charge in [0.25, 0.3) is 0 Å². The average molecular weight is 319 g/mol. The molecule has 0 radical (unpaired) electrons. The molecule has 0 spiro atoms. The Bertz CT molecular complexity index is 404. The molecule has 0 saturated carbocycles. The summed E-state index contributed by atoms with van der Waals surface area (Å²) in [6.07, 6.45) is 14.2. The van der Waals surface area contributed by atoms with Crippen LogP contribution in [0.3, 0.4) is 0 Å². The van der Waals surface area contributed by atoms with E-state index in [2.05, 4.69) is 38.1 Å². The SMILES string of the molecule is CCCCc1cc2c(cc1CCCC)C[C-]=C2.[Zr]. The van der Waals surface area contributed by atoms with Gasteiger partial charge in [-0.25, -0.2) is 6.08 Å². The molecule has 18 heavy (non-hydrogen) atoms. The topological polar surface area (TPSA) is 0 Å². The molecule has 1 heteroatoms. The van der Waals surface area contributed by atoms with E-state index in [1.165, 1.54) is 49.7 Å². The van der Waals surface area contributed by atoms with E-state index in [9.17, 15) is 0 Å². The van der Waals surface area contributed by atoms with Crippen LogP contribution in [0.4, 0.5) is 0 Å². The molecule has 1 aliphatic carbocycles. The minimum atomic E-state index is 0. The van der Waals surface area contributed by atoms with Crippen molar-refractivity contribution in [2.24, 2.45) is 0 Å². The van der Waals surface area contributed by atoms with Crippen LogP contribution >= 0.6 is 0 Å². The van der Waals surface area contributed by atoms with Gasteiger partial charge < -0.3 is 0 Å². The molecule has 0 heterocycles. The Morgan fingerprint density at radius 1 is 1.00 bits per heavy atom. The van der Waals surface area contributed by atoms with Crippen molar-refractivity contribution in [1.82, 2.24) is 0 Å². The third-order valence-electron chi connectivity index (χ3n) is 3.61. The first-order chi connectivity index (χ1) is 8.35. The van der Waals surface area contributed by atoms with Crippen molar-refractivity contribution >= 4 is 6.08 Å². The third-order valence-corrected chi connectivity index (χ3v) is 3.61. The zero-order valence-electron chi connectivity index (χ0n) is 11.7. The molecule has 0 nitrogen and oxygen atoms in total. The van der Waals surface area contributed by atoms with E-state index >= 15 is 0 Å². The van der Waals surface area contributed by atoms with Crippen LogP contribution in [0.2, 0.25) is 0 Å². The first-order valence-corrected chi connectivity index (χ1v) is 7.06. The van der Waals surface area contributed by atoms with Crippen molar-refractivity contribution in [3.8, 4) is 0 Å². The van der Waals surface area contributed by atoms with Gasteiger partial charge in [0.05, 0.1) is 0 Å². The molecule has 0 bridgehead atoms. The minimum absolute atomic E-state index is 0. The minimum Gasteiger partial charge on any atom is -0.272 e. The number of benzene rings is 1. The molecule has 1 aromatic rings. The van der Waals surface area contributed by atoms with Crippen LogP contribution in [0.25, 0.3) is 6.08 Å². The predicted molar refractivity (Wildman–Crippen MR) is 75.1 cm³/mol. The second-order valence-corrected chi connectivity index (χ2v) is 5.05. The van der Waals surface area contributed by atoms with E-state index in [0.717, 1.165) is 6.42 Å². The van der Waals surface area contributed by atoms with Gasteiger partial charge in [0.1, 0.15) is 0 Å². The summed E-state index contributed by atoms with van der Waals surface area (Å²) in [5, 5.41) is 0. The number of unbranched alkanes of at least 4 members (excludes halogenated alkanes) is 2. The van der Waals surface area contributed by atoms with Gasteiger partial charge in [-0.05, 0) is 31.2 Å². The number of aryl methyl sites for hydroxylation is 2. The second kappa shape index (κ2) is 8.10. The Balaban J connectivity index is 0.00000162. The van der Waals surface area contributed by atoms with Gasteiger partial charge in [-0.2, -0.15) is 5.56 Å². The molecular formula is C17H23Zr-. The van der Waals surface area contributed by atoms with Crippen molar-refractivity contribution in [2.75, 3.05) is 0 Å². The summed E-state index contributed by atoms with van der Waals surface area (Å²) in [4.78, 5) is 0. The van der Waals surface area contributed by atoms with E-state index in [1.807, 2.05) is 0 Å². The van der Waals surface area contributed by atoms with Crippen LogP contribution in [0.1, 0.15) is 61.8 Å². The number of rotatable bonds is 6. The van der Waals surface area contributed by atoms with Crippen LogP contribution in [0.5, 0.6) is 0 Å².